The van der Waals surface area contributed by atoms with Crippen LogP contribution in [0.4, 0.5) is 5.69 Å². The predicted octanol–water partition coefficient (Wildman–Crippen LogP) is 5.62. The molecule has 0 saturated carbocycles. The zero-order valence-corrected chi connectivity index (χ0v) is 21.1. The van der Waals surface area contributed by atoms with Crippen LogP contribution in [0.2, 0.25) is 0 Å². The second kappa shape index (κ2) is 10.7. The molecule has 1 heterocycles. The van der Waals surface area contributed by atoms with Gasteiger partial charge in [0, 0.05) is 17.8 Å². The zero-order valence-electron chi connectivity index (χ0n) is 21.1. The highest BCUT2D eigenvalue weighted by atomic mass is 16.7. The molecule has 0 saturated heterocycles. The maximum atomic E-state index is 13.6. The van der Waals surface area contributed by atoms with E-state index in [1.165, 1.54) is 12.7 Å². The number of anilines is 1. The Morgan fingerprint density at radius 1 is 0.889 bits per heavy atom. The second-order valence-corrected chi connectivity index (χ2v) is 9.54. The van der Waals surface area contributed by atoms with Crippen molar-refractivity contribution in [1.82, 2.24) is 0 Å². The molecule has 1 aliphatic rings. The molecule has 0 fully saturated rings. The Bertz CT molecular complexity index is 1210. The highest BCUT2D eigenvalue weighted by Crippen LogP contribution is 2.33. The molecule has 3 aromatic rings. The maximum absolute atomic E-state index is 13.6. The van der Waals surface area contributed by atoms with Gasteiger partial charge in [0.1, 0.15) is 5.75 Å². The molecule has 1 aliphatic heterocycles. The molecule has 1 amide bonds. The van der Waals surface area contributed by atoms with E-state index in [0.29, 0.717) is 47.9 Å². The fraction of sp³-hybridized carbons (Fsp3) is 0.310. The number of hydrogen-bond donors (Lipinski definition) is 0. The molecule has 0 atom stereocenters. The number of benzene rings is 3. The summed E-state index contributed by atoms with van der Waals surface area (Å²) in [6, 6.07) is 20.1. The monoisotopic (exact) mass is 489 g/mol. The molecule has 0 aromatic heterocycles. The second-order valence-electron chi connectivity index (χ2n) is 9.54. The van der Waals surface area contributed by atoms with E-state index in [4.69, 9.17) is 18.9 Å². The van der Waals surface area contributed by atoms with E-state index in [2.05, 4.69) is 32.9 Å². The largest absolute Gasteiger partial charge is 0.494 e. The highest BCUT2D eigenvalue weighted by molar-refractivity contribution is 6.06. The summed E-state index contributed by atoms with van der Waals surface area (Å²) in [6.45, 7) is 7.50. The minimum Gasteiger partial charge on any atom is -0.494 e. The summed E-state index contributed by atoms with van der Waals surface area (Å²) in [6.07, 6.45) is 0.607. The molecule has 36 heavy (non-hydrogen) atoms. The fourth-order valence-electron chi connectivity index (χ4n) is 3.89. The first-order chi connectivity index (χ1) is 17.3. The number of hydrogen-bond acceptors (Lipinski definition) is 6. The van der Waals surface area contributed by atoms with Crippen LogP contribution in [0.5, 0.6) is 17.2 Å². The normalized spacial score (nSPS) is 12.2. The Kier molecular flexibility index (Phi) is 7.48. The predicted molar refractivity (Wildman–Crippen MR) is 137 cm³/mol. The molecule has 7 heteroatoms. The van der Waals surface area contributed by atoms with Gasteiger partial charge in [-0.2, -0.15) is 0 Å². The minimum absolute atomic E-state index is 0.0158. The van der Waals surface area contributed by atoms with Gasteiger partial charge < -0.3 is 23.8 Å². The summed E-state index contributed by atoms with van der Waals surface area (Å²) in [5.74, 6) is 1.34. The van der Waals surface area contributed by atoms with E-state index < -0.39 is 5.97 Å². The number of fused-ring (bicyclic) bond motifs is 1. The summed E-state index contributed by atoms with van der Waals surface area (Å²) in [7, 11) is 1.35. The lowest BCUT2D eigenvalue weighted by molar-refractivity contribution is 0.0600. The fourth-order valence-corrected chi connectivity index (χ4v) is 3.89. The van der Waals surface area contributed by atoms with E-state index in [1.807, 2.05) is 12.1 Å². The molecule has 188 valence electrons. The van der Waals surface area contributed by atoms with Crippen LogP contribution < -0.4 is 19.1 Å². The lowest BCUT2D eigenvalue weighted by Gasteiger charge is -2.25. The van der Waals surface area contributed by atoms with Crippen LogP contribution in [0, 0.1) is 0 Å². The molecular formula is C29H31NO6. The molecule has 0 bridgehead atoms. The van der Waals surface area contributed by atoms with E-state index in [-0.39, 0.29) is 18.1 Å². The van der Waals surface area contributed by atoms with Gasteiger partial charge >= 0.3 is 5.97 Å². The van der Waals surface area contributed by atoms with Crippen molar-refractivity contribution in [3.05, 3.63) is 83.4 Å². The van der Waals surface area contributed by atoms with Gasteiger partial charge in [-0.05, 0) is 72.0 Å². The summed E-state index contributed by atoms with van der Waals surface area (Å²) >= 11 is 0. The van der Waals surface area contributed by atoms with Gasteiger partial charge in [-0.25, -0.2) is 4.79 Å². The topological polar surface area (TPSA) is 74.3 Å². The van der Waals surface area contributed by atoms with Gasteiger partial charge in [0.15, 0.2) is 11.5 Å². The number of carbonyl (C=O) groups excluding carboxylic acids is 2. The number of rotatable bonds is 8. The van der Waals surface area contributed by atoms with Crippen LogP contribution in [0.1, 0.15) is 53.5 Å². The molecule has 0 unspecified atom stereocenters. The minimum atomic E-state index is -0.392. The number of ether oxygens (including phenoxy) is 4. The number of esters is 1. The van der Waals surface area contributed by atoms with E-state index >= 15 is 0 Å². The molecular weight excluding hydrogens is 458 g/mol. The van der Waals surface area contributed by atoms with Crippen molar-refractivity contribution in [3.63, 3.8) is 0 Å². The van der Waals surface area contributed by atoms with Crippen molar-refractivity contribution in [2.75, 3.05) is 32.0 Å². The van der Waals surface area contributed by atoms with E-state index in [0.717, 1.165) is 5.69 Å². The Hall–Kier alpha value is -4.00. The third-order valence-corrected chi connectivity index (χ3v) is 5.98. The average molecular weight is 490 g/mol. The standard InChI is InChI=1S/C29H31NO6/c1-29(2,3)22-9-11-23(12-10-22)30(27(31)21-8-15-25-26(18-21)36-19-35-25)16-5-17-34-24-13-6-20(7-14-24)28(32)33-4/h6-15,18H,5,16-17,19H2,1-4H3. The Labute approximate surface area is 211 Å². The third-order valence-electron chi connectivity index (χ3n) is 5.98. The van der Waals surface area contributed by atoms with Gasteiger partial charge in [0.2, 0.25) is 6.79 Å². The summed E-state index contributed by atoms with van der Waals surface area (Å²) < 4.78 is 21.4. The lowest BCUT2D eigenvalue weighted by Crippen LogP contribution is -2.32. The molecule has 0 aliphatic carbocycles. The molecule has 0 radical (unpaired) electrons. The molecule has 7 nitrogen and oxygen atoms in total. The quantitative estimate of drug-likeness (QED) is 0.302. The molecule has 3 aromatic carbocycles. The highest BCUT2D eigenvalue weighted by Gasteiger charge is 2.22. The number of carbonyl (C=O) groups is 2. The number of amides is 1. The molecule has 4 rings (SSSR count). The van der Waals surface area contributed by atoms with Gasteiger partial charge in [-0.1, -0.05) is 32.9 Å². The van der Waals surface area contributed by atoms with Crippen LogP contribution in [0.3, 0.4) is 0 Å². The summed E-state index contributed by atoms with van der Waals surface area (Å²) in [5.41, 5.74) is 3.01. The van der Waals surface area contributed by atoms with Crippen LogP contribution in [0.15, 0.2) is 66.7 Å². The molecule has 0 spiro atoms. The molecule has 0 N–H and O–H groups in total. The first kappa shape index (κ1) is 25.1. The van der Waals surface area contributed by atoms with Crippen LogP contribution >= 0.6 is 0 Å². The first-order valence-corrected chi connectivity index (χ1v) is 11.9. The first-order valence-electron chi connectivity index (χ1n) is 11.9. The Morgan fingerprint density at radius 2 is 1.56 bits per heavy atom. The lowest BCUT2D eigenvalue weighted by atomic mass is 9.87. The van der Waals surface area contributed by atoms with Gasteiger partial charge in [-0.3, -0.25) is 4.79 Å². The number of methoxy groups -OCH3 is 1. The van der Waals surface area contributed by atoms with Crippen molar-refractivity contribution in [2.24, 2.45) is 0 Å². The van der Waals surface area contributed by atoms with Gasteiger partial charge in [-0.15, -0.1) is 0 Å². The average Bonchev–Trinajstić information content (AvgIpc) is 3.36. The van der Waals surface area contributed by atoms with Crippen molar-refractivity contribution in [1.29, 1.82) is 0 Å². The van der Waals surface area contributed by atoms with Crippen molar-refractivity contribution >= 4 is 17.6 Å². The van der Waals surface area contributed by atoms with Gasteiger partial charge in [0.25, 0.3) is 5.91 Å². The Balaban J connectivity index is 1.47. The zero-order chi connectivity index (χ0) is 25.7. The van der Waals surface area contributed by atoms with Crippen molar-refractivity contribution in [2.45, 2.75) is 32.6 Å². The van der Waals surface area contributed by atoms with Crippen molar-refractivity contribution in [3.8, 4) is 17.2 Å². The summed E-state index contributed by atoms with van der Waals surface area (Å²) in [5, 5.41) is 0. The van der Waals surface area contributed by atoms with Crippen LogP contribution in [0.25, 0.3) is 0 Å². The summed E-state index contributed by atoms with van der Waals surface area (Å²) in [4.78, 5) is 26.9. The third kappa shape index (κ3) is 5.79. The maximum Gasteiger partial charge on any atom is 0.337 e. The van der Waals surface area contributed by atoms with Crippen LogP contribution in [-0.4, -0.2) is 38.9 Å². The van der Waals surface area contributed by atoms with Crippen LogP contribution in [-0.2, 0) is 10.2 Å². The smallest absolute Gasteiger partial charge is 0.337 e. The van der Waals surface area contributed by atoms with Crippen molar-refractivity contribution < 1.29 is 28.5 Å². The number of nitrogens with zero attached hydrogens (tertiary/aromatic N) is 1. The SMILES string of the molecule is COC(=O)c1ccc(OCCCN(C(=O)c2ccc3c(c2)OCO3)c2ccc(C(C)(C)C)cc2)cc1. The van der Waals surface area contributed by atoms with E-state index in [9.17, 15) is 9.59 Å². The van der Waals surface area contributed by atoms with Gasteiger partial charge in [0.05, 0.1) is 19.3 Å². The Morgan fingerprint density at radius 3 is 2.22 bits per heavy atom. The van der Waals surface area contributed by atoms with E-state index in [1.54, 1.807) is 47.4 Å².